The maximum absolute atomic E-state index is 12.7. The third-order valence-corrected chi connectivity index (χ3v) is 4.43. The van der Waals surface area contributed by atoms with Crippen LogP contribution in [0.1, 0.15) is 16.7 Å². The zero-order valence-corrected chi connectivity index (χ0v) is 16.0. The van der Waals surface area contributed by atoms with E-state index in [2.05, 4.69) is 5.32 Å². The van der Waals surface area contributed by atoms with Crippen LogP contribution in [0.15, 0.2) is 84.9 Å². The van der Waals surface area contributed by atoms with Crippen molar-refractivity contribution in [3.8, 4) is 5.75 Å². The third kappa shape index (κ3) is 6.50. The van der Waals surface area contributed by atoms with Crippen molar-refractivity contribution in [1.29, 1.82) is 0 Å². The molecule has 3 aromatic rings. The summed E-state index contributed by atoms with van der Waals surface area (Å²) in [5, 5.41) is 12.2. The molecule has 5 nitrogen and oxygen atoms in total. The summed E-state index contributed by atoms with van der Waals surface area (Å²) >= 11 is 0. The summed E-state index contributed by atoms with van der Waals surface area (Å²) in [6.07, 6.45) is 0.452. The Balaban J connectivity index is 1.65. The van der Waals surface area contributed by atoms with Gasteiger partial charge < -0.3 is 15.2 Å². The first-order chi connectivity index (χ1) is 14.1. The van der Waals surface area contributed by atoms with Crippen molar-refractivity contribution < 1.29 is 19.4 Å². The second kappa shape index (κ2) is 10.1. The van der Waals surface area contributed by atoms with E-state index in [1.54, 1.807) is 12.1 Å². The van der Waals surface area contributed by atoms with E-state index in [0.29, 0.717) is 6.42 Å². The Hall–Kier alpha value is -3.60. The van der Waals surface area contributed by atoms with Gasteiger partial charge in [0.25, 0.3) is 0 Å². The quantitative estimate of drug-likeness (QED) is 0.579. The summed E-state index contributed by atoms with van der Waals surface area (Å²) in [6, 6.07) is 24.5. The Morgan fingerprint density at radius 1 is 0.793 bits per heavy atom. The Kier molecular flexibility index (Phi) is 7.00. The molecule has 0 saturated carbocycles. The van der Waals surface area contributed by atoms with Crippen molar-refractivity contribution in [2.24, 2.45) is 0 Å². The number of carbonyl (C=O) groups excluding carboxylic acids is 2. The fraction of sp³-hybridized carbons (Fsp3) is 0.167. The molecule has 0 bridgehead atoms. The van der Waals surface area contributed by atoms with Gasteiger partial charge in [-0.2, -0.15) is 0 Å². The molecule has 0 fully saturated rings. The van der Waals surface area contributed by atoms with E-state index in [0.717, 1.165) is 16.7 Å². The lowest BCUT2D eigenvalue weighted by atomic mass is 10.1. The largest absolute Gasteiger partial charge is 0.508 e. The zero-order chi connectivity index (χ0) is 20.5. The van der Waals surface area contributed by atoms with E-state index < -0.39 is 12.0 Å². The minimum Gasteiger partial charge on any atom is -0.508 e. The minimum absolute atomic E-state index is 0.109. The summed E-state index contributed by atoms with van der Waals surface area (Å²) in [5.41, 5.74) is 2.56. The molecule has 0 saturated heterocycles. The number of nitrogens with one attached hydrogen (secondary N) is 1. The van der Waals surface area contributed by atoms with Gasteiger partial charge in [-0.25, -0.2) is 4.79 Å². The molecule has 0 aliphatic carbocycles. The number of benzene rings is 3. The lowest BCUT2D eigenvalue weighted by Crippen LogP contribution is -2.44. The molecule has 0 aromatic heterocycles. The second-order valence-corrected chi connectivity index (χ2v) is 6.75. The molecule has 5 heteroatoms. The molecule has 2 N–H and O–H groups in total. The van der Waals surface area contributed by atoms with Crippen LogP contribution in [0.25, 0.3) is 0 Å². The summed E-state index contributed by atoms with van der Waals surface area (Å²) in [6.45, 7) is 0.152. The molecule has 1 amide bonds. The van der Waals surface area contributed by atoms with Crippen molar-refractivity contribution in [2.75, 3.05) is 0 Å². The fourth-order valence-corrected chi connectivity index (χ4v) is 2.92. The maximum Gasteiger partial charge on any atom is 0.329 e. The monoisotopic (exact) mass is 389 g/mol. The molecule has 0 aliphatic heterocycles. The van der Waals surface area contributed by atoms with Crippen molar-refractivity contribution in [2.45, 2.75) is 25.5 Å². The Bertz CT molecular complexity index is 924. The Morgan fingerprint density at radius 2 is 1.38 bits per heavy atom. The van der Waals surface area contributed by atoms with Crippen LogP contribution in [0.3, 0.4) is 0 Å². The number of aromatic hydroxyl groups is 1. The van der Waals surface area contributed by atoms with Crippen molar-refractivity contribution in [1.82, 2.24) is 5.32 Å². The SMILES string of the molecule is O=C(Cc1ccc(O)cc1)NC(Cc1ccccc1)C(=O)OCc1ccccc1. The smallest absolute Gasteiger partial charge is 0.329 e. The van der Waals surface area contributed by atoms with Crippen LogP contribution in [-0.4, -0.2) is 23.0 Å². The number of hydrogen-bond donors (Lipinski definition) is 2. The number of phenols is 1. The number of ether oxygens (including phenoxy) is 1. The molecule has 3 aromatic carbocycles. The van der Waals surface area contributed by atoms with E-state index in [1.807, 2.05) is 60.7 Å². The molecule has 0 radical (unpaired) electrons. The third-order valence-electron chi connectivity index (χ3n) is 4.43. The second-order valence-electron chi connectivity index (χ2n) is 6.75. The van der Waals surface area contributed by atoms with Crippen LogP contribution in [-0.2, 0) is 33.8 Å². The highest BCUT2D eigenvalue weighted by atomic mass is 16.5. The molecule has 0 aliphatic rings. The molecule has 3 rings (SSSR count). The van der Waals surface area contributed by atoms with Crippen molar-refractivity contribution in [3.05, 3.63) is 102 Å². The highest BCUT2D eigenvalue weighted by Gasteiger charge is 2.23. The Morgan fingerprint density at radius 3 is 2.00 bits per heavy atom. The van der Waals surface area contributed by atoms with E-state index in [9.17, 15) is 14.7 Å². The molecule has 148 valence electrons. The normalized spacial score (nSPS) is 11.4. The lowest BCUT2D eigenvalue weighted by Gasteiger charge is -2.18. The lowest BCUT2D eigenvalue weighted by molar-refractivity contribution is -0.149. The van der Waals surface area contributed by atoms with E-state index in [-0.39, 0.29) is 24.7 Å². The van der Waals surface area contributed by atoms with Crippen LogP contribution in [0.4, 0.5) is 0 Å². The molecular weight excluding hydrogens is 366 g/mol. The number of rotatable bonds is 8. The van der Waals surface area contributed by atoms with Crippen LogP contribution in [0.5, 0.6) is 5.75 Å². The average Bonchev–Trinajstić information content (AvgIpc) is 2.74. The van der Waals surface area contributed by atoms with Gasteiger partial charge in [0, 0.05) is 6.42 Å². The zero-order valence-electron chi connectivity index (χ0n) is 16.0. The van der Waals surface area contributed by atoms with Gasteiger partial charge in [0.1, 0.15) is 18.4 Å². The van der Waals surface area contributed by atoms with Gasteiger partial charge in [-0.15, -0.1) is 0 Å². The van der Waals surface area contributed by atoms with Crippen LogP contribution >= 0.6 is 0 Å². The molecule has 1 unspecified atom stereocenters. The highest BCUT2D eigenvalue weighted by molar-refractivity contribution is 5.85. The average molecular weight is 389 g/mol. The first kappa shape index (κ1) is 20.1. The molecule has 1 atom stereocenters. The molecular formula is C24H23NO4. The van der Waals surface area contributed by atoms with E-state index >= 15 is 0 Å². The van der Waals surface area contributed by atoms with Crippen LogP contribution in [0.2, 0.25) is 0 Å². The number of carbonyl (C=O) groups is 2. The summed E-state index contributed by atoms with van der Waals surface area (Å²) in [5.74, 6) is -0.620. The minimum atomic E-state index is -0.786. The van der Waals surface area contributed by atoms with Gasteiger partial charge in [0.15, 0.2) is 0 Å². The van der Waals surface area contributed by atoms with Gasteiger partial charge in [-0.3, -0.25) is 4.79 Å². The predicted molar refractivity (Wildman–Crippen MR) is 110 cm³/mol. The summed E-state index contributed by atoms with van der Waals surface area (Å²) in [7, 11) is 0. The van der Waals surface area contributed by atoms with E-state index in [4.69, 9.17) is 4.74 Å². The first-order valence-corrected chi connectivity index (χ1v) is 9.42. The van der Waals surface area contributed by atoms with Gasteiger partial charge in [-0.1, -0.05) is 72.8 Å². The number of phenolic OH excluding ortho intramolecular Hbond substituents is 1. The van der Waals surface area contributed by atoms with Crippen LogP contribution in [0, 0.1) is 0 Å². The van der Waals surface area contributed by atoms with Gasteiger partial charge in [-0.05, 0) is 28.8 Å². The van der Waals surface area contributed by atoms with E-state index in [1.165, 1.54) is 12.1 Å². The van der Waals surface area contributed by atoms with Crippen molar-refractivity contribution >= 4 is 11.9 Å². The predicted octanol–water partition coefficient (Wildman–Crippen LogP) is 3.41. The topological polar surface area (TPSA) is 75.6 Å². The Labute approximate surface area is 170 Å². The van der Waals surface area contributed by atoms with Gasteiger partial charge in [0.05, 0.1) is 6.42 Å². The molecule has 29 heavy (non-hydrogen) atoms. The molecule has 0 heterocycles. The highest BCUT2D eigenvalue weighted by Crippen LogP contribution is 2.11. The number of amides is 1. The van der Waals surface area contributed by atoms with Gasteiger partial charge in [0.2, 0.25) is 5.91 Å². The van der Waals surface area contributed by atoms with Gasteiger partial charge >= 0.3 is 5.97 Å². The number of esters is 1. The standard InChI is InChI=1S/C24H23NO4/c26-21-13-11-19(12-14-21)16-23(27)25-22(15-18-7-3-1-4-8-18)24(28)29-17-20-9-5-2-6-10-20/h1-14,22,26H,15-17H2,(H,25,27). The summed E-state index contributed by atoms with van der Waals surface area (Å²) < 4.78 is 5.44. The molecule has 0 spiro atoms. The number of hydrogen-bond acceptors (Lipinski definition) is 4. The summed E-state index contributed by atoms with van der Waals surface area (Å²) in [4.78, 5) is 25.2. The van der Waals surface area contributed by atoms with Crippen LogP contribution < -0.4 is 5.32 Å². The fourth-order valence-electron chi connectivity index (χ4n) is 2.92. The maximum atomic E-state index is 12.7. The first-order valence-electron chi connectivity index (χ1n) is 9.42. The van der Waals surface area contributed by atoms with Crippen molar-refractivity contribution in [3.63, 3.8) is 0 Å².